The lowest BCUT2D eigenvalue weighted by Gasteiger charge is -2.24. The zero-order chi connectivity index (χ0) is 21.4. The smallest absolute Gasteiger partial charge is 0.252 e. The van der Waals surface area contributed by atoms with Crippen LogP contribution in [0.1, 0.15) is 36.5 Å². The molecule has 158 valence electrons. The molecular formula is C21H26FN7O. The lowest BCUT2D eigenvalue weighted by atomic mass is 10.0. The largest absolute Gasteiger partial charge is 0.365 e. The second-order valence-corrected chi connectivity index (χ2v) is 8.04. The molecule has 0 aliphatic heterocycles. The number of aromatic nitrogens is 3. The van der Waals surface area contributed by atoms with Crippen LogP contribution in [-0.2, 0) is 7.05 Å². The molecule has 0 spiro atoms. The fourth-order valence-corrected chi connectivity index (χ4v) is 3.54. The van der Waals surface area contributed by atoms with Gasteiger partial charge in [0.2, 0.25) is 0 Å². The Bertz CT molecular complexity index is 1090. The Kier molecular flexibility index (Phi) is 5.29. The molecule has 1 fully saturated rings. The molecule has 1 aliphatic carbocycles. The van der Waals surface area contributed by atoms with Crippen LogP contribution in [0, 0.1) is 11.7 Å². The third-order valence-electron chi connectivity index (χ3n) is 5.49. The van der Waals surface area contributed by atoms with Crippen molar-refractivity contribution in [2.24, 2.45) is 24.4 Å². The van der Waals surface area contributed by atoms with Crippen LogP contribution in [0.5, 0.6) is 0 Å². The highest BCUT2D eigenvalue weighted by Gasteiger charge is 2.28. The van der Waals surface area contributed by atoms with Gasteiger partial charge >= 0.3 is 0 Å². The van der Waals surface area contributed by atoms with Crippen molar-refractivity contribution in [2.75, 3.05) is 10.6 Å². The number of carbonyl (C=O) groups excluding carboxylic acids is 1. The van der Waals surface area contributed by atoms with E-state index in [9.17, 15) is 9.18 Å². The first-order chi connectivity index (χ1) is 14.3. The van der Waals surface area contributed by atoms with Crippen molar-refractivity contribution in [3.63, 3.8) is 0 Å². The van der Waals surface area contributed by atoms with Crippen molar-refractivity contribution in [1.29, 1.82) is 0 Å². The highest BCUT2D eigenvalue weighted by molar-refractivity contribution is 5.99. The molecule has 8 nitrogen and oxygen atoms in total. The Labute approximate surface area is 173 Å². The Morgan fingerprint density at radius 2 is 2.10 bits per heavy atom. The summed E-state index contributed by atoms with van der Waals surface area (Å²) in [5, 5.41) is 11.4. The molecule has 4 rings (SSSR count). The second-order valence-electron chi connectivity index (χ2n) is 8.04. The molecule has 0 unspecified atom stereocenters. The van der Waals surface area contributed by atoms with E-state index in [4.69, 9.17) is 11.5 Å². The summed E-state index contributed by atoms with van der Waals surface area (Å²) in [5.41, 5.74) is 13.2. The normalized spacial score (nSPS) is 15.7. The first-order valence-electron chi connectivity index (χ1n) is 10.0. The van der Waals surface area contributed by atoms with Gasteiger partial charge in [-0.3, -0.25) is 9.48 Å². The third-order valence-corrected chi connectivity index (χ3v) is 5.49. The summed E-state index contributed by atoms with van der Waals surface area (Å²) in [6.45, 7) is 1.89. The van der Waals surface area contributed by atoms with Crippen LogP contribution >= 0.6 is 0 Å². The number of hydrogen-bond acceptors (Lipinski definition) is 6. The minimum Gasteiger partial charge on any atom is -0.365 e. The number of rotatable bonds is 8. The van der Waals surface area contributed by atoms with Gasteiger partial charge < -0.3 is 22.1 Å². The van der Waals surface area contributed by atoms with Gasteiger partial charge in [0.15, 0.2) is 11.6 Å². The maximum absolute atomic E-state index is 14.7. The van der Waals surface area contributed by atoms with Crippen molar-refractivity contribution in [3.8, 4) is 0 Å². The average Bonchev–Trinajstić information content (AvgIpc) is 3.44. The number of nitrogens with one attached hydrogen (secondary N) is 2. The van der Waals surface area contributed by atoms with Gasteiger partial charge in [-0.05, 0) is 43.5 Å². The summed E-state index contributed by atoms with van der Waals surface area (Å²) in [7, 11) is 1.86. The first kappa shape index (κ1) is 20.1. The number of aryl methyl sites for hydroxylation is 1. The summed E-state index contributed by atoms with van der Waals surface area (Å²) >= 11 is 0. The van der Waals surface area contributed by atoms with Crippen LogP contribution in [0.15, 0.2) is 30.5 Å². The predicted molar refractivity (Wildman–Crippen MR) is 115 cm³/mol. The van der Waals surface area contributed by atoms with Gasteiger partial charge in [0.05, 0.1) is 17.3 Å². The highest BCUT2D eigenvalue weighted by Crippen LogP contribution is 2.35. The summed E-state index contributed by atoms with van der Waals surface area (Å²) in [6.07, 6.45) is 4.94. The molecule has 3 aromatic rings. The third kappa shape index (κ3) is 4.20. The number of fused-ring (bicyclic) bond motifs is 1. The average molecular weight is 411 g/mol. The van der Waals surface area contributed by atoms with Crippen molar-refractivity contribution in [1.82, 2.24) is 14.8 Å². The molecular weight excluding hydrogens is 385 g/mol. The van der Waals surface area contributed by atoms with Gasteiger partial charge in [-0.15, -0.1) is 0 Å². The summed E-state index contributed by atoms with van der Waals surface area (Å²) < 4.78 is 16.5. The number of benzene rings is 1. The van der Waals surface area contributed by atoms with Gasteiger partial charge in [-0.2, -0.15) is 5.10 Å². The van der Waals surface area contributed by atoms with E-state index in [1.165, 1.54) is 12.8 Å². The van der Waals surface area contributed by atoms with Crippen LogP contribution in [0.25, 0.3) is 10.9 Å². The number of anilines is 3. The monoisotopic (exact) mass is 411 g/mol. The summed E-state index contributed by atoms with van der Waals surface area (Å²) in [6, 6.07) is 6.44. The highest BCUT2D eigenvalue weighted by atomic mass is 19.1. The molecule has 9 heteroatoms. The summed E-state index contributed by atoms with van der Waals surface area (Å²) in [4.78, 5) is 16.2. The second kappa shape index (κ2) is 7.91. The quantitative estimate of drug-likeness (QED) is 0.452. The van der Waals surface area contributed by atoms with E-state index >= 15 is 0 Å². The van der Waals surface area contributed by atoms with E-state index in [-0.39, 0.29) is 29.3 Å². The minimum absolute atomic E-state index is 0.0242. The van der Waals surface area contributed by atoms with E-state index in [1.807, 2.05) is 32.2 Å². The van der Waals surface area contributed by atoms with E-state index in [0.29, 0.717) is 11.6 Å². The van der Waals surface area contributed by atoms with E-state index in [0.717, 1.165) is 23.4 Å². The number of halogens is 1. The van der Waals surface area contributed by atoms with Crippen molar-refractivity contribution >= 4 is 34.1 Å². The zero-order valence-corrected chi connectivity index (χ0v) is 17.0. The van der Waals surface area contributed by atoms with Gasteiger partial charge in [-0.1, -0.05) is 12.8 Å². The van der Waals surface area contributed by atoms with Crippen molar-refractivity contribution in [3.05, 3.63) is 41.8 Å². The predicted octanol–water partition coefficient (Wildman–Crippen LogP) is 2.88. The molecule has 30 heavy (non-hydrogen) atoms. The number of pyridine rings is 1. The van der Waals surface area contributed by atoms with E-state index in [1.54, 1.807) is 10.9 Å². The molecule has 1 saturated carbocycles. The Balaban J connectivity index is 1.65. The van der Waals surface area contributed by atoms with Gasteiger partial charge in [0.1, 0.15) is 5.82 Å². The number of hydrogen-bond donors (Lipinski definition) is 4. The molecule has 2 heterocycles. The Morgan fingerprint density at radius 1 is 1.33 bits per heavy atom. The number of nitrogens with two attached hydrogens (primary N) is 2. The Morgan fingerprint density at radius 3 is 2.77 bits per heavy atom. The molecule has 2 aromatic heterocycles. The number of nitrogens with zero attached hydrogens (tertiary/aromatic N) is 3. The zero-order valence-electron chi connectivity index (χ0n) is 17.0. The molecule has 0 bridgehead atoms. The maximum atomic E-state index is 14.7. The van der Waals surface area contributed by atoms with E-state index in [2.05, 4.69) is 20.7 Å². The fraction of sp³-hybridized carbons (Fsp3) is 0.381. The SMILES string of the molecule is C[C@H](N)[C@@H](CC1CC1)Nc1nc(Nc2ccc3c(cnn3C)c2)c(C(N)=O)cc1F. The molecule has 1 aromatic carbocycles. The first-order valence-corrected chi connectivity index (χ1v) is 10.0. The fourth-order valence-electron chi connectivity index (χ4n) is 3.54. The van der Waals surface area contributed by atoms with Crippen LogP contribution in [0.4, 0.5) is 21.7 Å². The molecule has 1 aliphatic rings. The van der Waals surface area contributed by atoms with Crippen LogP contribution in [0.3, 0.4) is 0 Å². The lowest BCUT2D eigenvalue weighted by molar-refractivity contribution is 0.100. The van der Waals surface area contributed by atoms with Crippen LogP contribution in [0.2, 0.25) is 0 Å². The topological polar surface area (TPSA) is 124 Å². The number of primary amides is 1. The van der Waals surface area contributed by atoms with Gasteiger partial charge in [0.25, 0.3) is 5.91 Å². The van der Waals surface area contributed by atoms with Crippen LogP contribution < -0.4 is 22.1 Å². The molecule has 0 saturated heterocycles. The van der Waals surface area contributed by atoms with Crippen molar-refractivity contribution < 1.29 is 9.18 Å². The molecule has 0 radical (unpaired) electrons. The summed E-state index contributed by atoms with van der Waals surface area (Å²) in [5.74, 6) is -0.555. The molecule has 2 atom stereocenters. The molecule has 1 amide bonds. The van der Waals surface area contributed by atoms with Crippen molar-refractivity contribution in [2.45, 2.75) is 38.3 Å². The van der Waals surface area contributed by atoms with Gasteiger partial charge in [0, 0.05) is 30.2 Å². The lowest BCUT2D eigenvalue weighted by Crippen LogP contribution is -2.39. The number of amides is 1. The minimum atomic E-state index is -0.764. The Hall–Kier alpha value is -3.20. The molecule has 6 N–H and O–H groups in total. The standard InChI is InChI=1S/C21H26FN7O/c1-11(23)17(7-12-3-4-12)27-21-16(22)9-15(19(24)30)20(28-21)26-14-5-6-18-13(8-14)10-25-29(18)2/h5-6,8-12,17H,3-4,7,23H2,1-2H3,(H2,24,30)(H2,26,27,28)/t11-,17+/m0/s1. The number of carbonyl (C=O) groups is 1. The maximum Gasteiger partial charge on any atom is 0.252 e. The van der Waals surface area contributed by atoms with Gasteiger partial charge in [-0.25, -0.2) is 9.37 Å². The van der Waals surface area contributed by atoms with Crippen LogP contribution in [-0.4, -0.2) is 32.8 Å². The van der Waals surface area contributed by atoms with E-state index < -0.39 is 11.7 Å².